The molecule has 0 bridgehead atoms. The van der Waals surface area contributed by atoms with Gasteiger partial charge in [0.25, 0.3) is 0 Å². The number of methoxy groups -OCH3 is 2. The predicted molar refractivity (Wildman–Crippen MR) is 85.6 cm³/mol. The molecule has 0 aliphatic carbocycles. The van der Waals surface area contributed by atoms with Gasteiger partial charge in [0.1, 0.15) is 22.9 Å². The van der Waals surface area contributed by atoms with Gasteiger partial charge in [-0.1, -0.05) is 17.3 Å². The monoisotopic (exact) mass is 308 g/mol. The molecule has 1 aromatic heterocycles. The summed E-state index contributed by atoms with van der Waals surface area (Å²) < 4.78 is 15.8. The molecule has 0 N–H and O–H groups in total. The van der Waals surface area contributed by atoms with Crippen molar-refractivity contribution in [2.75, 3.05) is 14.2 Å². The molecule has 0 saturated carbocycles. The van der Waals surface area contributed by atoms with Crippen molar-refractivity contribution in [1.82, 2.24) is 5.16 Å². The molecule has 0 aliphatic rings. The van der Waals surface area contributed by atoms with Gasteiger partial charge in [-0.25, -0.2) is 0 Å². The van der Waals surface area contributed by atoms with E-state index in [1.165, 1.54) is 0 Å². The van der Waals surface area contributed by atoms with Gasteiger partial charge in [-0.3, -0.25) is 0 Å². The van der Waals surface area contributed by atoms with Crippen LogP contribution in [0.1, 0.15) is 17.2 Å². The van der Waals surface area contributed by atoms with E-state index in [2.05, 4.69) is 11.2 Å². The average Bonchev–Trinajstić information content (AvgIpc) is 3.03. The van der Waals surface area contributed by atoms with E-state index in [1.807, 2.05) is 36.4 Å². The summed E-state index contributed by atoms with van der Waals surface area (Å²) in [4.78, 5) is 0. The maximum atomic E-state index is 9.53. The van der Waals surface area contributed by atoms with E-state index in [1.54, 1.807) is 20.3 Å². The number of nitrogens with zero attached hydrogens (tertiary/aromatic N) is 2. The minimum atomic E-state index is -0.401. The summed E-state index contributed by atoms with van der Waals surface area (Å²) in [5, 5.41) is 14.4. The molecule has 1 unspecified atom stereocenters. The van der Waals surface area contributed by atoms with E-state index in [0.29, 0.717) is 23.4 Å². The topological polar surface area (TPSA) is 68.3 Å². The number of fused-ring (bicyclic) bond motifs is 1. The van der Waals surface area contributed by atoms with E-state index < -0.39 is 5.92 Å². The lowest BCUT2D eigenvalue weighted by Gasteiger charge is -2.07. The van der Waals surface area contributed by atoms with Crippen LogP contribution in [0.3, 0.4) is 0 Å². The Labute approximate surface area is 134 Å². The van der Waals surface area contributed by atoms with Gasteiger partial charge in [0.15, 0.2) is 5.76 Å². The quantitative estimate of drug-likeness (QED) is 0.719. The maximum absolute atomic E-state index is 9.53. The highest BCUT2D eigenvalue weighted by Gasteiger charge is 2.20. The van der Waals surface area contributed by atoms with Crippen LogP contribution in [0.15, 0.2) is 47.0 Å². The third-order valence-corrected chi connectivity index (χ3v) is 3.78. The van der Waals surface area contributed by atoms with Gasteiger partial charge in [-0.15, -0.1) is 0 Å². The van der Waals surface area contributed by atoms with Crippen molar-refractivity contribution in [3.05, 3.63) is 53.8 Å². The molecule has 0 aliphatic heterocycles. The number of nitriles is 1. The Balaban J connectivity index is 1.90. The summed E-state index contributed by atoms with van der Waals surface area (Å²) >= 11 is 0. The number of aromatic nitrogens is 1. The SMILES string of the molecule is COc1ccc(CC(C#N)c2onc3cc(OC)ccc23)cc1. The zero-order chi connectivity index (χ0) is 16.2. The van der Waals surface area contributed by atoms with Crippen LogP contribution >= 0.6 is 0 Å². The summed E-state index contributed by atoms with van der Waals surface area (Å²) in [6.07, 6.45) is 0.552. The van der Waals surface area contributed by atoms with E-state index in [4.69, 9.17) is 14.0 Å². The standard InChI is InChI=1S/C18H16N2O3/c1-21-14-5-3-12(4-6-14)9-13(11-19)18-16-8-7-15(22-2)10-17(16)20-23-18/h3-8,10,13H,9H2,1-2H3. The van der Waals surface area contributed by atoms with Crippen LogP contribution in [-0.4, -0.2) is 19.4 Å². The van der Waals surface area contributed by atoms with E-state index in [9.17, 15) is 5.26 Å². The molecule has 0 fully saturated rings. The second-order valence-corrected chi connectivity index (χ2v) is 5.16. The van der Waals surface area contributed by atoms with Crippen molar-refractivity contribution in [3.8, 4) is 17.6 Å². The molecule has 1 atom stereocenters. The van der Waals surface area contributed by atoms with Gasteiger partial charge < -0.3 is 14.0 Å². The number of ether oxygens (including phenoxy) is 2. The lowest BCUT2D eigenvalue weighted by Crippen LogP contribution is -2.00. The molecule has 0 spiro atoms. The lowest BCUT2D eigenvalue weighted by atomic mass is 9.96. The van der Waals surface area contributed by atoms with Gasteiger partial charge in [0, 0.05) is 11.5 Å². The summed E-state index contributed by atoms with van der Waals surface area (Å²) in [5.74, 6) is 1.68. The zero-order valence-corrected chi connectivity index (χ0v) is 12.9. The van der Waals surface area contributed by atoms with Gasteiger partial charge in [0.2, 0.25) is 0 Å². The second-order valence-electron chi connectivity index (χ2n) is 5.16. The van der Waals surface area contributed by atoms with Gasteiger partial charge in [0.05, 0.1) is 20.3 Å². The molecule has 5 nitrogen and oxygen atoms in total. The van der Waals surface area contributed by atoms with Crippen molar-refractivity contribution in [2.45, 2.75) is 12.3 Å². The Bertz CT molecular complexity index is 847. The smallest absolute Gasteiger partial charge is 0.162 e. The third-order valence-electron chi connectivity index (χ3n) is 3.78. The summed E-state index contributed by atoms with van der Waals surface area (Å²) in [7, 11) is 3.23. The van der Waals surface area contributed by atoms with Crippen LogP contribution in [0, 0.1) is 11.3 Å². The molecular weight excluding hydrogens is 292 g/mol. The van der Waals surface area contributed by atoms with E-state index in [0.717, 1.165) is 16.7 Å². The van der Waals surface area contributed by atoms with Crippen molar-refractivity contribution in [3.63, 3.8) is 0 Å². The van der Waals surface area contributed by atoms with Crippen LogP contribution in [0.5, 0.6) is 11.5 Å². The first-order valence-corrected chi connectivity index (χ1v) is 7.21. The number of hydrogen-bond donors (Lipinski definition) is 0. The minimum absolute atomic E-state index is 0.401. The van der Waals surface area contributed by atoms with E-state index >= 15 is 0 Å². The molecule has 116 valence electrons. The summed E-state index contributed by atoms with van der Waals surface area (Å²) in [5.41, 5.74) is 1.73. The fourth-order valence-electron chi connectivity index (χ4n) is 2.52. The Kier molecular flexibility index (Phi) is 4.15. The third kappa shape index (κ3) is 2.97. The number of rotatable bonds is 5. The fraction of sp³-hybridized carbons (Fsp3) is 0.222. The van der Waals surface area contributed by atoms with Crippen molar-refractivity contribution >= 4 is 10.9 Å². The van der Waals surface area contributed by atoms with Crippen LogP contribution < -0.4 is 9.47 Å². The Morgan fingerprint density at radius 2 is 1.78 bits per heavy atom. The maximum Gasteiger partial charge on any atom is 0.162 e. The van der Waals surface area contributed by atoms with Crippen molar-refractivity contribution in [1.29, 1.82) is 5.26 Å². The van der Waals surface area contributed by atoms with Crippen LogP contribution in [0.2, 0.25) is 0 Å². The normalized spacial score (nSPS) is 11.9. The average molecular weight is 308 g/mol. The molecule has 2 aromatic carbocycles. The summed E-state index contributed by atoms with van der Waals surface area (Å²) in [6.45, 7) is 0. The minimum Gasteiger partial charge on any atom is -0.497 e. The van der Waals surface area contributed by atoms with Crippen LogP contribution in [-0.2, 0) is 6.42 Å². The fourth-order valence-corrected chi connectivity index (χ4v) is 2.52. The molecule has 3 rings (SSSR count). The molecular formula is C18H16N2O3. The highest BCUT2D eigenvalue weighted by atomic mass is 16.5. The van der Waals surface area contributed by atoms with Gasteiger partial charge >= 0.3 is 0 Å². The molecule has 1 heterocycles. The molecule has 0 amide bonds. The number of hydrogen-bond acceptors (Lipinski definition) is 5. The second kappa shape index (κ2) is 6.41. The summed E-state index contributed by atoms with van der Waals surface area (Å²) in [6, 6.07) is 15.5. The highest BCUT2D eigenvalue weighted by Crippen LogP contribution is 2.30. The Morgan fingerprint density at radius 1 is 1.09 bits per heavy atom. The number of benzene rings is 2. The highest BCUT2D eigenvalue weighted by molar-refractivity contribution is 5.82. The van der Waals surface area contributed by atoms with Crippen LogP contribution in [0.25, 0.3) is 10.9 Å². The Hall–Kier alpha value is -3.00. The van der Waals surface area contributed by atoms with Gasteiger partial charge in [-0.05, 0) is 36.2 Å². The Morgan fingerprint density at radius 3 is 2.43 bits per heavy atom. The first kappa shape index (κ1) is 14.9. The first-order valence-electron chi connectivity index (χ1n) is 7.21. The largest absolute Gasteiger partial charge is 0.497 e. The van der Waals surface area contributed by atoms with E-state index in [-0.39, 0.29) is 0 Å². The van der Waals surface area contributed by atoms with Crippen molar-refractivity contribution < 1.29 is 14.0 Å². The van der Waals surface area contributed by atoms with Crippen LogP contribution in [0.4, 0.5) is 0 Å². The lowest BCUT2D eigenvalue weighted by molar-refractivity contribution is 0.381. The van der Waals surface area contributed by atoms with Gasteiger partial charge in [-0.2, -0.15) is 5.26 Å². The molecule has 0 saturated heterocycles. The molecule has 23 heavy (non-hydrogen) atoms. The zero-order valence-electron chi connectivity index (χ0n) is 12.9. The molecule has 3 aromatic rings. The molecule has 5 heteroatoms. The molecule has 0 radical (unpaired) electrons. The first-order chi connectivity index (χ1) is 11.2. The van der Waals surface area contributed by atoms with Crippen molar-refractivity contribution in [2.24, 2.45) is 0 Å². The predicted octanol–water partition coefficient (Wildman–Crippen LogP) is 3.69.